The summed E-state index contributed by atoms with van der Waals surface area (Å²) in [5.74, 6) is -0.952. The van der Waals surface area contributed by atoms with Crippen molar-refractivity contribution in [1.82, 2.24) is 0 Å². The average Bonchev–Trinajstić information content (AvgIpc) is 2.27. The molecule has 3 N–H and O–H groups in total. The van der Waals surface area contributed by atoms with E-state index in [4.69, 9.17) is 10.2 Å². The van der Waals surface area contributed by atoms with E-state index in [0.29, 0.717) is 24.8 Å². The van der Waals surface area contributed by atoms with Crippen LogP contribution in [0, 0.1) is 0 Å². The monoisotopic (exact) mass is 224 g/mol. The van der Waals surface area contributed by atoms with Gasteiger partial charge in [-0.2, -0.15) is 0 Å². The highest BCUT2D eigenvalue weighted by Gasteiger charge is 2.10. The minimum atomic E-state index is -0.952. The summed E-state index contributed by atoms with van der Waals surface area (Å²) >= 11 is 0. The summed E-state index contributed by atoms with van der Waals surface area (Å²) in [5, 5.41) is 27.0. The first-order chi connectivity index (χ1) is 7.65. The van der Waals surface area contributed by atoms with Crippen LogP contribution in [-0.2, 0) is 6.42 Å². The lowest BCUT2D eigenvalue weighted by Crippen LogP contribution is -2.11. The van der Waals surface area contributed by atoms with Crippen LogP contribution in [0.3, 0.4) is 0 Å². The second kappa shape index (κ2) is 6.25. The Balaban J connectivity index is 2.63. The molecule has 0 aromatic heterocycles. The van der Waals surface area contributed by atoms with Gasteiger partial charge in [-0.15, -0.1) is 0 Å². The van der Waals surface area contributed by atoms with E-state index in [1.165, 1.54) is 0 Å². The molecule has 1 aromatic rings. The van der Waals surface area contributed by atoms with Gasteiger partial charge in [-0.1, -0.05) is 18.2 Å². The van der Waals surface area contributed by atoms with Crippen LogP contribution in [0.4, 0.5) is 0 Å². The Hall–Kier alpha value is -1.39. The highest BCUT2D eigenvalue weighted by atomic mass is 16.4. The number of rotatable bonds is 6. The van der Waals surface area contributed by atoms with Gasteiger partial charge in [0.05, 0.1) is 11.7 Å². The lowest BCUT2D eigenvalue weighted by molar-refractivity contribution is 0.0694. The molecule has 88 valence electrons. The largest absolute Gasteiger partial charge is 0.478 e. The predicted molar refractivity (Wildman–Crippen MR) is 59.4 cm³/mol. The SMILES string of the molecule is O=C(O)c1ccccc1CCC(O)CCO. The van der Waals surface area contributed by atoms with Crippen molar-refractivity contribution >= 4 is 5.97 Å². The zero-order chi connectivity index (χ0) is 12.0. The summed E-state index contributed by atoms with van der Waals surface area (Å²) in [7, 11) is 0. The number of aromatic carboxylic acids is 1. The minimum absolute atomic E-state index is 0.0538. The van der Waals surface area contributed by atoms with E-state index in [9.17, 15) is 9.90 Å². The fourth-order valence-electron chi connectivity index (χ4n) is 1.56. The van der Waals surface area contributed by atoms with Gasteiger partial charge < -0.3 is 15.3 Å². The number of benzene rings is 1. The number of carboxylic acids is 1. The van der Waals surface area contributed by atoms with Gasteiger partial charge in [-0.25, -0.2) is 4.79 Å². The summed E-state index contributed by atoms with van der Waals surface area (Å²) in [4.78, 5) is 10.9. The van der Waals surface area contributed by atoms with Crippen LogP contribution in [-0.4, -0.2) is 34.0 Å². The quantitative estimate of drug-likeness (QED) is 0.675. The maximum Gasteiger partial charge on any atom is 0.335 e. The standard InChI is InChI=1S/C12H16O4/c13-8-7-10(14)6-5-9-3-1-2-4-11(9)12(15)16/h1-4,10,13-14H,5-8H2,(H,15,16). The zero-order valence-electron chi connectivity index (χ0n) is 8.97. The molecule has 1 aromatic carbocycles. The summed E-state index contributed by atoms with van der Waals surface area (Å²) in [6.07, 6.45) is 0.718. The Morgan fingerprint density at radius 1 is 1.25 bits per heavy atom. The van der Waals surface area contributed by atoms with Gasteiger partial charge in [0.15, 0.2) is 0 Å². The summed E-state index contributed by atoms with van der Waals surface area (Å²) in [6, 6.07) is 6.75. The van der Waals surface area contributed by atoms with Crippen molar-refractivity contribution < 1.29 is 20.1 Å². The molecule has 1 rings (SSSR count). The smallest absolute Gasteiger partial charge is 0.335 e. The van der Waals surface area contributed by atoms with Crippen LogP contribution in [0.25, 0.3) is 0 Å². The van der Waals surface area contributed by atoms with E-state index in [-0.39, 0.29) is 12.2 Å². The van der Waals surface area contributed by atoms with Gasteiger partial charge in [0.25, 0.3) is 0 Å². The molecule has 0 fully saturated rings. The molecular formula is C12H16O4. The molecule has 4 nitrogen and oxygen atoms in total. The maximum atomic E-state index is 10.9. The molecule has 1 atom stereocenters. The lowest BCUT2D eigenvalue weighted by Gasteiger charge is -2.10. The van der Waals surface area contributed by atoms with E-state index >= 15 is 0 Å². The van der Waals surface area contributed by atoms with E-state index in [2.05, 4.69) is 0 Å². The molecule has 0 bridgehead atoms. The molecule has 0 heterocycles. The van der Waals surface area contributed by atoms with Crippen LogP contribution in [0.5, 0.6) is 0 Å². The van der Waals surface area contributed by atoms with Crippen LogP contribution >= 0.6 is 0 Å². The van der Waals surface area contributed by atoms with Gasteiger partial charge in [0, 0.05) is 6.61 Å². The van der Waals surface area contributed by atoms with Crippen LogP contribution in [0.2, 0.25) is 0 Å². The number of hydrogen-bond acceptors (Lipinski definition) is 3. The molecule has 0 saturated heterocycles. The number of carbonyl (C=O) groups is 1. The maximum absolute atomic E-state index is 10.9. The number of aliphatic hydroxyl groups excluding tert-OH is 2. The van der Waals surface area contributed by atoms with Crippen molar-refractivity contribution in [3.8, 4) is 0 Å². The molecule has 0 radical (unpaired) electrons. The first kappa shape index (κ1) is 12.7. The summed E-state index contributed by atoms with van der Waals surface area (Å²) in [6.45, 7) is -0.0538. The first-order valence-corrected chi connectivity index (χ1v) is 5.25. The molecule has 4 heteroatoms. The van der Waals surface area contributed by atoms with Crippen molar-refractivity contribution in [2.75, 3.05) is 6.61 Å². The van der Waals surface area contributed by atoms with Crippen molar-refractivity contribution in [3.63, 3.8) is 0 Å². The zero-order valence-corrected chi connectivity index (χ0v) is 8.97. The highest BCUT2D eigenvalue weighted by molar-refractivity contribution is 5.89. The molecule has 0 amide bonds. The second-order valence-electron chi connectivity index (χ2n) is 3.67. The fraction of sp³-hybridized carbons (Fsp3) is 0.417. The normalized spacial score (nSPS) is 12.4. The highest BCUT2D eigenvalue weighted by Crippen LogP contribution is 2.13. The van der Waals surface area contributed by atoms with Crippen molar-refractivity contribution in [2.45, 2.75) is 25.4 Å². The number of hydrogen-bond donors (Lipinski definition) is 3. The topological polar surface area (TPSA) is 77.8 Å². The molecule has 0 aliphatic heterocycles. The molecule has 0 aliphatic rings. The Morgan fingerprint density at radius 3 is 2.56 bits per heavy atom. The van der Waals surface area contributed by atoms with Gasteiger partial charge in [0.2, 0.25) is 0 Å². The third-order valence-corrected chi connectivity index (χ3v) is 2.46. The molecule has 16 heavy (non-hydrogen) atoms. The molecule has 0 saturated carbocycles. The van der Waals surface area contributed by atoms with E-state index in [0.717, 1.165) is 0 Å². The van der Waals surface area contributed by atoms with E-state index in [1.807, 2.05) is 0 Å². The number of aryl methyl sites for hydroxylation is 1. The van der Waals surface area contributed by atoms with Gasteiger partial charge >= 0.3 is 5.97 Å². The minimum Gasteiger partial charge on any atom is -0.478 e. The van der Waals surface area contributed by atoms with Crippen LogP contribution < -0.4 is 0 Å². The Labute approximate surface area is 94.2 Å². The number of carboxylic acid groups (broad SMARTS) is 1. The second-order valence-corrected chi connectivity index (χ2v) is 3.67. The van der Waals surface area contributed by atoms with Crippen LogP contribution in [0.15, 0.2) is 24.3 Å². The first-order valence-electron chi connectivity index (χ1n) is 5.25. The van der Waals surface area contributed by atoms with E-state index < -0.39 is 12.1 Å². The molecule has 0 aliphatic carbocycles. The Morgan fingerprint density at radius 2 is 1.94 bits per heavy atom. The van der Waals surface area contributed by atoms with Gasteiger partial charge in [-0.05, 0) is 30.9 Å². The molecular weight excluding hydrogens is 208 g/mol. The number of aliphatic hydroxyl groups is 2. The van der Waals surface area contributed by atoms with Crippen molar-refractivity contribution in [2.24, 2.45) is 0 Å². The van der Waals surface area contributed by atoms with Crippen LogP contribution in [0.1, 0.15) is 28.8 Å². The third kappa shape index (κ3) is 3.64. The predicted octanol–water partition coefficient (Wildman–Crippen LogP) is 1.06. The lowest BCUT2D eigenvalue weighted by atomic mass is 10.0. The molecule has 1 unspecified atom stereocenters. The fourth-order valence-corrected chi connectivity index (χ4v) is 1.56. The Kier molecular flexibility index (Phi) is 4.95. The van der Waals surface area contributed by atoms with Crippen molar-refractivity contribution in [1.29, 1.82) is 0 Å². The summed E-state index contributed by atoms with van der Waals surface area (Å²) in [5.41, 5.74) is 0.991. The van der Waals surface area contributed by atoms with Gasteiger partial charge in [0.1, 0.15) is 0 Å². The van der Waals surface area contributed by atoms with Crippen molar-refractivity contribution in [3.05, 3.63) is 35.4 Å². The third-order valence-electron chi connectivity index (χ3n) is 2.46. The summed E-state index contributed by atoms with van der Waals surface area (Å²) < 4.78 is 0. The molecule has 0 spiro atoms. The van der Waals surface area contributed by atoms with E-state index in [1.54, 1.807) is 24.3 Å². The average molecular weight is 224 g/mol. The Bertz CT molecular complexity index is 349. The van der Waals surface area contributed by atoms with Gasteiger partial charge in [-0.3, -0.25) is 0 Å².